The average Bonchev–Trinajstić information content (AvgIpc) is 2.68. The third-order valence-corrected chi connectivity index (χ3v) is 3.35. The second-order valence-corrected chi connectivity index (χ2v) is 4.72. The second-order valence-electron chi connectivity index (χ2n) is 4.72. The molecular weight excluding hydrogens is 226 g/mol. The molecule has 0 spiro atoms. The first-order valence-electron chi connectivity index (χ1n) is 6.26. The number of rotatable bonds is 3. The summed E-state index contributed by atoms with van der Waals surface area (Å²) in [6.45, 7) is 4.03. The number of nitrogens with one attached hydrogen (secondary N) is 2. The molecule has 1 amide bonds. The predicted molar refractivity (Wildman–Crippen MR) is 72.4 cm³/mol. The van der Waals surface area contributed by atoms with Crippen molar-refractivity contribution in [2.24, 2.45) is 4.99 Å². The number of aliphatic imine (C=N–C) groups is 1. The summed E-state index contributed by atoms with van der Waals surface area (Å²) in [7, 11) is 1.65. The summed E-state index contributed by atoms with van der Waals surface area (Å²) < 4.78 is 0. The Bertz CT molecular complexity index is 478. The lowest BCUT2D eigenvalue weighted by Crippen LogP contribution is -2.40. The molecule has 96 valence electrons. The highest BCUT2D eigenvalue weighted by molar-refractivity contribution is 6.09. The van der Waals surface area contributed by atoms with Gasteiger partial charge < -0.3 is 5.32 Å². The average molecular weight is 245 g/mol. The van der Waals surface area contributed by atoms with Gasteiger partial charge in [-0.1, -0.05) is 37.6 Å². The highest BCUT2D eigenvalue weighted by Gasteiger charge is 2.41. The van der Waals surface area contributed by atoms with Crippen molar-refractivity contribution in [3.63, 3.8) is 0 Å². The zero-order valence-corrected chi connectivity index (χ0v) is 11.1. The number of hydrogen-bond donors (Lipinski definition) is 2. The molecule has 0 aromatic heterocycles. The molecule has 0 radical (unpaired) electrons. The maximum absolute atomic E-state index is 12.0. The fraction of sp³-hybridized carbons (Fsp3) is 0.429. The van der Waals surface area contributed by atoms with Gasteiger partial charge in [0.1, 0.15) is 5.54 Å². The molecule has 1 saturated heterocycles. The third kappa shape index (κ3) is 2.10. The van der Waals surface area contributed by atoms with Crippen LogP contribution in [0.15, 0.2) is 29.3 Å². The van der Waals surface area contributed by atoms with Crippen LogP contribution in [0.3, 0.4) is 0 Å². The molecule has 2 N–H and O–H groups in total. The van der Waals surface area contributed by atoms with Crippen LogP contribution in [0, 0.1) is 0 Å². The fourth-order valence-electron chi connectivity index (χ4n) is 2.17. The summed E-state index contributed by atoms with van der Waals surface area (Å²) in [4.78, 5) is 16.0. The molecule has 4 heteroatoms. The largest absolute Gasteiger partial charge is 0.338 e. The Morgan fingerprint density at radius 1 is 1.28 bits per heavy atom. The summed E-state index contributed by atoms with van der Waals surface area (Å²) in [6.07, 6.45) is 2.19. The maximum atomic E-state index is 12.0. The van der Waals surface area contributed by atoms with Gasteiger partial charge in [-0.25, -0.2) is 0 Å². The van der Waals surface area contributed by atoms with E-state index in [1.54, 1.807) is 7.05 Å². The molecule has 1 aliphatic heterocycles. The highest BCUT2D eigenvalue weighted by Crippen LogP contribution is 2.24. The van der Waals surface area contributed by atoms with E-state index in [-0.39, 0.29) is 5.91 Å². The molecule has 1 aromatic rings. The van der Waals surface area contributed by atoms with Crippen LogP contribution in [0.2, 0.25) is 0 Å². The summed E-state index contributed by atoms with van der Waals surface area (Å²) in [5.41, 5.74) is 1.53. The Balaban J connectivity index is 2.28. The van der Waals surface area contributed by atoms with E-state index in [1.807, 2.05) is 19.1 Å². The molecule has 0 bridgehead atoms. The minimum atomic E-state index is -0.723. The Hall–Kier alpha value is -1.84. The van der Waals surface area contributed by atoms with Gasteiger partial charge in [0.25, 0.3) is 5.91 Å². The molecule has 1 aliphatic rings. The van der Waals surface area contributed by atoms with Gasteiger partial charge in [0.05, 0.1) is 0 Å². The summed E-state index contributed by atoms with van der Waals surface area (Å²) >= 11 is 0. The second kappa shape index (κ2) is 4.80. The smallest absolute Gasteiger partial charge is 0.256 e. The van der Waals surface area contributed by atoms with E-state index < -0.39 is 5.54 Å². The molecule has 1 fully saturated rings. The maximum Gasteiger partial charge on any atom is 0.256 e. The van der Waals surface area contributed by atoms with Crippen LogP contribution in [0.4, 0.5) is 0 Å². The van der Waals surface area contributed by atoms with Crippen LogP contribution >= 0.6 is 0 Å². The number of guanidine groups is 1. The SMILES string of the molecule is CCCc1ccc(C2(C)NC(=NC)NC2=O)cc1. The van der Waals surface area contributed by atoms with Crippen LogP contribution in [0.1, 0.15) is 31.4 Å². The monoisotopic (exact) mass is 245 g/mol. The standard InChI is InChI=1S/C14H19N3O/c1-4-5-10-6-8-11(9-7-10)14(2)12(18)16-13(15-3)17-14/h6-9H,4-5H2,1-3H3,(H2,15,16,17,18). The topological polar surface area (TPSA) is 53.5 Å². The van der Waals surface area contributed by atoms with Gasteiger partial charge in [-0.2, -0.15) is 0 Å². The summed E-state index contributed by atoms with van der Waals surface area (Å²) in [5.74, 6) is 0.464. The molecule has 2 rings (SSSR count). The van der Waals surface area contributed by atoms with E-state index in [4.69, 9.17) is 0 Å². The molecule has 0 saturated carbocycles. The van der Waals surface area contributed by atoms with Crippen LogP contribution < -0.4 is 10.6 Å². The van der Waals surface area contributed by atoms with Crippen LogP contribution in [-0.4, -0.2) is 18.9 Å². The zero-order chi connectivity index (χ0) is 13.2. The molecule has 1 unspecified atom stereocenters. The number of amides is 1. The molecule has 18 heavy (non-hydrogen) atoms. The van der Waals surface area contributed by atoms with Crippen molar-refractivity contribution in [3.8, 4) is 0 Å². The predicted octanol–water partition coefficient (Wildman–Crippen LogP) is 1.56. The molecule has 1 heterocycles. The number of carbonyl (C=O) groups is 1. The number of carbonyl (C=O) groups excluding carboxylic acids is 1. The van der Waals surface area contributed by atoms with Gasteiger partial charge >= 0.3 is 0 Å². The minimum absolute atomic E-state index is 0.0636. The summed E-state index contributed by atoms with van der Waals surface area (Å²) in [6, 6.07) is 8.19. The first-order chi connectivity index (χ1) is 8.60. The van der Waals surface area contributed by atoms with E-state index in [0.717, 1.165) is 18.4 Å². The quantitative estimate of drug-likeness (QED) is 0.849. The van der Waals surface area contributed by atoms with Crippen molar-refractivity contribution in [2.45, 2.75) is 32.2 Å². The lowest BCUT2D eigenvalue weighted by atomic mass is 9.91. The Morgan fingerprint density at radius 3 is 2.44 bits per heavy atom. The van der Waals surface area contributed by atoms with Gasteiger partial charge in [0.2, 0.25) is 0 Å². The highest BCUT2D eigenvalue weighted by atomic mass is 16.2. The fourth-order valence-corrected chi connectivity index (χ4v) is 2.17. The van der Waals surface area contributed by atoms with Crippen molar-refractivity contribution in [1.29, 1.82) is 0 Å². The first kappa shape index (κ1) is 12.6. The third-order valence-electron chi connectivity index (χ3n) is 3.35. The lowest BCUT2D eigenvalue weighted by molar-refractivity contribution is -0.123. The normalized spacial score (nSPS) is 25.1. The summed E-state index contributed by atoms with van der Waals surface area (Å²) in [5, 5.41) is 5.86. The number of hydrogen-bond acceptors (Lipinski definition) is 2. The van der Waals surface area contributed by atoms with Gasteiger partial charge in [-0.3, -0.25) is 15.1 Å². The molecular formula is C14H19N3O. The Morgan fingerprint density at radius 2 is 1.94 bits per heavy atom. The van der Waals surface area contributed by atoms with Gasteiger partial charge in [-0.15, -0.1) is 0 Å². The molecule has 1 atom stereocenters. The lowest BCUT2D eigenvalue weighted by Gasteiger charge is -2.21. The zero-order valence-electron chi connectivity index (χ0n) is 11.1. The van der Waals surface area contributed by atoms with Crippen LogP contribution in [0.25, 0.3) is 0 Å². The van der Waals surface area contributed by atoms with Gasteiger partial charge in [-0.05, 0) is 24.5 Å². The minimum Gasteiger partial charge on any atom is -0.338 e. The van der Waals surface area contributed by atoms with E-state index in [1.165, 1.54) is 5.56 Å². The van der Waals surface area contributed by atoms with Crippen LogP contribution in [-0.2, 0) is 16.8 Å². The van der Waals surface area contributed by atoms with E-state index in [9.17, 15) is 4.79 Å². The molecule has 0 aliphatic carbocycles. The Labute approximate surface area is 108 Å². The van der Waals surface area contributed by atoms with E-state index in [0.29, 0.717) is 5.96 Å². The first-order valence-corrected chi connectivity index (χ1v) is 6.26. The van der Waals surface area contributed by atoms with Crippen molar-refractivity contribution in [1.82, 2.24) is 10.6 Å². The van der Waals surface area contributed by atoms with E-state index in [2.05, 4.69) is 34.7 Å². The number of nitrogens with zero attached hydrogens (tertiary/aromatic N) is 1. The van der Waals surface area contributed by atoms with Gasteiger partial charge in [0, 0.05) is 7.05 Å². The Kier molecular flexibility index (Phi) is 3.36. The number of benzene rings is 1. The van der Waals surface area contributed by atoms with Crippen molar-refractivity contribution >= 4 is 11.9 Å². The molecule has 4 nitrogen and oxygen atoms in total. The molecule has 1 aromatic carbocycles. The van der Waals surface area contributed by atoms with Crippen molar-refractivity contribution < 1.29 is 4.79 Å². The van der Waals surface area contributed by atoms with Crippen molar-refractivity contribution in [2.75, 3.05) is 7.05 Å². The van der Waals surface area contributed by atoms with E-state index >= 15 is 0 Å². The van der Waals surface area contributed by atoms with Crippen molar-refractivity contribution in [3.05, 3.63) is 35.4 Å². The number of aryl methyl sites for hydroxylation is 1. The van der Waals surface area contributed by atoms with Crippen LogP contribution in [0.5, 0.6) is 0 Å². The van der Waals surface area contributed by atoms with Gasteiger partial charge in [0.15, 0.2) is 5.96 Å².